The highest BCUT2D eigenvalue weighted by Gasteiger charge is 2.22. The highest BCUT2D eigenvalue weighted by Crippen LogP contribution is 2.45. The first-order chi connectivity index (χ1) is 12.7. The Morgan fingerprint density at radius 1 is 1.08 bits per heavy atom. The number of hydrogen-bond donors (Lipinski definition) is 1. The van der Waals surface area contributed by atoms with Crippen molar-refractivity contribution < 1.29 is 14.3 Å². The molecule has 0 aliphatic carbocycles. The Balaban J connectivity index is 1.62. The van der Waals surface area contributed by atoms with Crippen LogP contribution in [-0.2, 0) is 5.75 Å². The zero-order chi connectivity index (χ0) is 18.1. The topological polar surface area (TPSA) is 47.6 Å². The van der Waals surface area contributed by atoms with Gasteiger partial charge in [0.25, 0.3) is 5.91 Å². The van der Waals surface area contributed by atoms with Crippen molar-refractivity contribution in [3.63, 3.8) is 0 Å². The van der Waals surface area contributed by atoms with Gasteiger partial charge in [0, 0.05) is 27.2 Å². The number of rotatable bonds is 4. The Hall–Kier alpha value is -2.44. The normalized spacial score (nSPS) is 12.1. The van der Waals surface area contributed by atoms with Crippen LogP contribution in [0.5, 0.6) is 11.5 Å². The average molecular weight is 383 g/mol. The lowest BCUT2D eigenvalue weighted by molar-refractivity contribution is 0.103. The van der Waals surface area contributed by atoms with E-state index >= 15 is 0 Å². The summed E-state index contributed by atoms with van der Waals surface area (Å²) in [6.45, 7) is 0. The third-order valence-corrected chi connectivity index (χ3v) is 6.54. The van der Waals surface area contributed by atoms with Crippen LogP contribution in [0, 0.1) is 0 Å². The van der Waals surface area contributed by atoms with Gasteiger partial charge in [-0.1, -0.05) is 18.2 Å². The van der Waals surface area contributed by atoms with Crippen LogP contribution in [0.25, 0.3) is 10.4 Å². The molecule has 0 saturated heterocycles. The third-order valence-electron chi connectivity index (χ3n) is 4.20. The predicted molar refractivity (Wildman–Crippen MR) is 107 cm³/mol. The number of benzene rings is 2. The maximum absolute atomic E-state index is 12.8. The van der Waals surface area contributed by atoms with Gasteiger partial charge in [0.15, 0.2) is 0 Å². The van der Waals surface area contributed by atoms with E-state index < -0.39 is 0 Å². The summed E-state index contributed by atoms with van der Waals surface area (Å²) >= 11 is 3.35. The number of anilines is 1. The van der Waals surface area contributed by atoms with Crippen LogP contribution in [0.1, 0.15) is 15.2 Å². The summed E-state index contributed by atoms with van der Waals surface area (Å²) in [6, 6.07) is 15.7. The van der Waals surface area contributed by atoms with E-state index in [0.717, 1.165) is 5.75 Å². The van der Waals surface area contributed by atoms with Crippen LogP contribution < -0.4 is 14.8 Å². The summed E-state index contributed by atoms with van der Waals surface area (Å²) in [6.07, 6.45) is 0. The summed E-state index contributed by atoms with van der Waals surface area (Å²) in [5.74, 6) is 2.01. The second kappa shape index (κ2) is 7.05. The molecule has 132 valence electrons. The SMILES string of the molecule is COc1ccc(NC(=O)c2cc3c(s2)-c2ccccc2SC3)c(OC)c1. The average Bonchev–Trinajstić information content (AvgIpc) is 3.13. The van der Waals surface area contributed by atoms with Gasteiger partial charge in [0.1, 0.15) is 11.5 Å². The predicted octanol–water partition coefficient (Wildman–Crippen LogP) is 5.29. The molecular weight excluding hydrogens is 366 g/mol. The van der Waals surface area contributed by atoms with Gasteiger partial charge in [-0.3, -0.25) is 4.79 Å². The number of fused-ring (bicyclic) bond motifs is 3. The number of ether oxygens (including phenoxy) is 2. The molecule has 4 nitrogen and oxygen atoms in total. The highest BCUT2D eigenvalue weighted by molar-refractivity contribution is 7.98. The monoisotopic (exact) mass is 383 g/mol. The van der Waals surface area contributed by atoms with Gasteiger partial charge < -0.3 is 14.8 Å². The van der Waals surface area contributed by atoms with Crippen molar-refractivity contribution in [3.8, 4) is 21.9 Å². The van der Waals surface area contributed by atoms with Crippen LogP contribution in [0.3, 0.4) is 0 Å². The number of carbonyl (C=O) groups excluding carboxylic acids is 1. The van der Waals surface area contributed by atoms with Gasteiger partial charge in [-0.05, 0) is 29.8 Å². The minimum Gasteiger partial charge on any atom is -0.497 e. The lowest BCUT2D eigenvalue weighted by Crippen LogP contribution is -2.11. The van der Waals surface area contributed by atoms with E-state index in [1.807, 2.05) is 30.0 Å². The quantitative estimate of drug-likeness (QED) is 0.665. The van der Waals surface area contributed by atoms with Crippen molar-refractivity contribution in [1.82, 2.24) is 0 Å². The molecule has 1 N–H and O–H groups in total. The first kappa shape index (κ1) is 17.0. The Kier molecular flexibility index (Phi) is 4.61. The van der Waals surface area contributed by atoms with Crippen LogP contribution in [0.4, 0.5) is 5.69 Å². The summed E-state index contributed by atoms with van der Waals surface area (Å²) in [7, 11) is 3.17. The molecule has 0 fully saturated rings. The largest absolute Gasteiger partial charge is 0.497 e. The molecule has 0 atom stereocenters. The maximum atomic E-state index is 12.8. The summed E-state index contributed by atoms with van der Waals surface area (Å²) in [5, 5.41) is 2.95. The van der Waals surface area contributed by atoms with Crippen molar-refractivity contribution in [2.45, 2.75) is 10.6 Å². The Bertz CT molecular complexity index is 981. The molecule has 1 aliphatic rings. The van der Waals surface area contributed by atoms with E-state index in [1.165, 1.54) is 32.2 Å². The van der Waals surface area contributed by atoms with E-state index in [-0.39, 0.29) is 5.91 Å². The molecule has 0 saturated carbocycles. The van der Waals surface area contributed by atoms with Gasteiger partial charge in [-0.25, -0.2) is 0 Å². The molecule has 2 heterocycles. The molecule has 26 heavy (non-hydrogen) atoms. The molecule has 0 unspecified atom stereocenters. The number of nitrogens with one attached hydrogen (secondary N) is 1. The fourth-order valence-corrected chi connectivity index (χ4v) is 5.21. The van der Waals surface area contributed by atoms with E-state index in [1.54, 1.807) is 32.4 Å². The zero-order valence-electron chi connectivity index (χ0n) is 14.4. The van der Waals surface area contributed by atoms with E-state index in [0.29, 0.717) is 22.1 Å². The molecule has 2 aromatic carbocycles. The van der Waals surface area contributed by atoms with E-state index in [4.69, 9.17) is 9.47 Å². The number of thioether (sulfide) groups is 1. The number of hydrogen-bond acceptors (Lipinski definition) is 5. The highest BCUT2D eigenvalue weighted by atomic mass is 32.2. The van der Waals surface area contributed by atoms with Crippen molar-refractivity contribution in [1.29, 1.82) is 0 Å². The number of thiophene rings is 1. The minimum atomic E-state index is -0.129. The van der Waals surface area contributed by atoms with Crippen LogP contribution >= 0.6 is 23.1 Å². The summed E-state index contributed by atoms with van der Waals surface area (Å²) in [5.41, 5.74) is 3.05. The molecule has 0 bridgehead atoms. The van der Waals surface area contributed by atoms with Crippen LogP contribution in [0.15, 0.2) is 53.4 Å². The molecule has 0 radical (unpaired) electrons. The summed E-state index contributed by atoms with van der Waals surface area (Å²) < 4.78 is 10.6. The molecule has 4 rings (SSSR count). The van der Waals surface area contributed by atoms with Gasteiger partial charge in [0.2, 0.25) is 0 Å². The van der Waals surface area contributed by atoms with Crippen molar-refractivity contribution in [2.24, 2.45) is 0 Å². The Morgan fingerprint density at radius 2 is 1.92 bits per heavy atom. The van der Waals surface area contributed by atoms with Gasteiger partial charge in [-0.15, -0.1) is 23.1 Å². The molecule has 1 aromatic heterocycles. The van der Waals surface area contributed by atoms with Gasteiger partial charge >= 0.3 is 0 Å². The first-order valence-corrected chi connectivity index (χ1v) is 9.88. The minimum absolute atomic E-state index is 0.129. The number of methoxy groups -OCH3 is 2. The molecule has 1 aliphatic heterocycles. The Labute approximate surface area is 160 Å². The van der Waals surface area contributed by atoms with E-state index in [2.05, 4.69) is 17.4 Å². The van der Waals surface area contributed by atoms with Crippen molar-refractivity contribution in [3.05, 3.63) is 59.0 Å². The molecular formula is C20H17NO3S2. The summed E-state index contributed by atoms with van der Waals surface area (Å²) in [4.78, 5) is 15.9. The second-order valence-electron chi connectivity index (χ2n) is 5.77. The van der Waals surface area contributed by atoms with Crippen molar-refractivity contribution >= 4 is 34.7 Å². The van der Waals surface area contributed by atoms with Gasteiger partial charge in [-0.2, -0.15) is 0 Å². The first-order valence-electron chi connectivity index (χ1n) is 8.08. The fraction of sp³-hybridized carbons (Fsp3) is 0.150. The fourth-order valence-electron chi connectivity index (χ4n) is 2.90. The van der Waals surface area contributed by atoms with E-state index in [9.17, 15) is 4.79 Å². The standard InChI is InChI=1S/C20H17NO3S2/c1-23-13-7-8-15(16(10-13)24-2)21-20(22)18-9-12-11-25-17-6-4-3-5-14(17)19(12)26-18/h3-10H,11H2,1-2H3,(H,21,22). The molecule has 1 amide bonds. The smallest absolute Gasteiger partial charge is 0.265 e. The van der Waals surface area contributed by atoms with Crippen LogP contribution in [-0.4, -0.2) is 20.1 Å². The third kappa shape index (κ3) is 3.06. The molecule has 0 spiro atoms. The maximum Gasteiger partial charge on any atom is 0.265 e. The second-order valence-corrected chi connectivity index (χ2v) is 7.84. The molecule has 6 heteroatoms. The Morgan fingerprint density at radius 3 is 2.73 bits per heavy atom. The number of carbonyl (C=O) groups is 1. The van der Waals surface area contributed by atoms with Crippen LogP contribution in [0.2, 0.25) is 0 Å². The lowest BCUT2D eigenvalue weighted by Gasteiger charge is -2.14. The molecule has 3 aromatic rings. The van der Waals surface area contributed by atoms with Gasteiger partial charge in [0.05, 0.1) is 24.8 Å². The van der Waals surface area contributed by atoms with Crippen molar-refractivity contribution in [2.75, 3.05) is 19.5 Å². The zero-order valence-corrected chi connectivity index (χ0v) is 16.0. The lowest BCUT2D eigenvalue weighted by atomic mass is 10.1. The number of amides is 1.